The Hall–Kier alpha value is 0.240. The molecule has 0 saturated carbocycles. The first-order valence-electron chi connectivity index (χ1n) is 9.44. The predicted molar refractivity (Wildman–Crippen MR) is 103 cm³/mol. The van der Waals surface area contributed by atoms with E-state index < -0.39 is 0 Å². The molecule has 0 bridgehead atoms. The number of hydrogen-bond acceptors (Lipinski definition) is 6. The molecule has 0 rings (SSSR count). The Labute approximate surface area is 161 Å². The Balaban J connectivity index is 2.94. The van der Waals surface area contributed by atoms with Crippen molar-refractivity contribution in [3.05, 3.63) is 0 Å². The Morgan fingerprint density at radius 3 is 1.16 bits per heavy atom. The molecule has 0 atom stereocenters. The molecule has 0 N–H and O–H groups in total. The molecule has 0 aliphatic heterocycles. The lowest BCUT2D eigenvalue weighted by molar-refractivity contribution is -0.0162. The number of alkyl halides is 1. The minimum absolute atomic E-state index is 0.574. The van der Waals surface area contributed by atoms with E-state index >= 15 is 0 Å². The van der Waals surface area contributed by atoms with E-state index in [4.69, 9.17) is 28.4 Å². The quantitative estimate of drug-likeness (QED) is 0.195. The van der Waals surface area contributed by atoms with E-state index in [1.54, 1.807) is 0 Å². The summed E-state index contributed by atoms with van der Waals surface area (Å²) in [5, 5.41) is 0.855. The van der Waals surface area contributed by atoms with Crippen LogP contribution in [0.2, 0.25) is 0 Å². The van der Waals surface area contributed by atoms with Crippen LogP contribution in [0, 0.1) is 0 Å². The van der Waals surface area contributed by atoms with E-state index in [2.05, 4.69) is 22.9 Å². The second-order valence-corrected chi connectivity index (χ2v) is 6.22. The van der Waals surface area contributed by atoms with Gasteiger partial charge >= 0.3 is 0 Å². The van der Waals surface area contributed by atoms with Gasteiger partial charge in [-0.25, -0.2) is 0 Å². The summed E-state index contributed by atoms with van der Waals surface area (Å²) >= 11 is 3.30. The highest BCUT2D eigenvalue weighted by Gasteiger charge is 1.94. The molecule has 0 spiro atoms. The molecule has 0 radical (unpaired) electrons. The summed E-state index contributed by atoms with van der Waals surface area (Å²) in [5.41, 5.74) is 0. The lowest BCUT2D eigenvalue weighted by atomic mass is 10.2. The zero-order valence-corrected chi connectivity index (χ0v) is 17.4. The molecular weight excluding hydrogens is 392 g/mol. The lowest BCUT2D eigenvalue weighted by Crippen LogP contribution is -2.14. The summed E-state index contributed by atoms with van der Waals surface area (Å²) in [6.07, 6.45) is 4.95. The van der Waals surface area contributed by atoms with Crippen LogP contribution in [0.1, 0.15) is 32.6 Å². The molecule has 0 amide bonds. The first kappa shape index (κ1) is 25.2. The highest BCUT2D eigenvalue weighted by molar-refractivity contribution is 9.09. The molecule has 0 aromatic heterocycles. The van der Waals surface area contributed by atoms with Crippen LogP contribution in [-0.2, 0) is 28.4 Å². The maximum Gasteiger partial charge on any atom is 0.0701 e. The van der Waals surface area contributed by atoms with E-state index in [1.165, 1.54) is 19.3 Å². The van der Waals surface area contributed by atoms with Crippen molar-refractivity contribution in [2.45, 2.75) is 32.6 Å². The molecule has 25 heavy (non-hydrogen) atoms. The minimum Gasteiger partial charge on any atom is -0.379 e. The first-order valence-corrected chi connectivity index (χ1v) is 10.6. The molecule has 0 aliphatic rings. The maximum atomic E-state index is 5.49. The van der Waals surface area contributed by atoms with Gasteiger partial charge in [0.05, 0.1) is 72.7 Å². The normalized spacial score (nSPS) is 11.3. The smallest absolute Gasteiger partial charge is 0.0701 e. The largest absolute Gasteiger partial charge is 0.379 e. The van der Waals surface area contributed by atoms with Gasteiger partial charge in [0.2, 0.25) is 0 Å². The number of ether oxygens (including phenoxy) is 6. The van der Waals surface area contributed by atoms with Crippen LogP contribution in [0.25, 0.3) is 0 Å². The van der Waals surface area contributed by atoms with Crippen LogP contribution < -0.4 is 0 Å². The van der Waals surface area contributed by atoms with E-state index in [-0.39, 0.29) is 0 Å². The molecule has 0 saturated heterocycles. The topological polar surface area (TPSA) is 55.4 Å². The van der Waals surface area contributed by atoms with Crippen molar-refractivity contribution >= 4 is 15.9 Å². The van der Waals surface area contributed by atoms with E-state index in [0.717, 1.165) is 18.4 Å². The average Bonchev–Trinajstić information content (AvgIpc) is 2.63. The SMILES string of the molecule is CCCCCCOCCOCCOCCOCCOCCOCCBr. The van der Waals surface area contributed by atoms with Crippen LogP contribution in [0.5, 0.6) is 0 Å². The summed E-state index contributed by atoms with van der Waals surface area (Å²) in [6, 6.07) is 0. The first-order chi connectivity index (χ1) is 12.4. The summed E-state index contributed by atoms with van der Waals surface area (Å²) < 4.78 is 32.4. The highest BCUT2D eigenvalue weighted by atomic mass is 79.9. The maximum absolute atomic E-state index is 5.49. The van der Waals surface area contributed by atoms with E-state index in [0.29, 0.717) is 72.7 Å². The van der Waals surface area contributed by atoms with Crippen molar-refractivity contribution in [2.24, 2.45) is 0 Å². The van der Waals surface area contributed by atoms with Gasteiger partial charge < -0.3 is 28.4 Å². The molecule has 0 heterocycles. The van der Waals surface area contributed by atoms with Gasteiger partial charge in [0, 0.05) is 11.9 Å². The number of unbranched alkanes of at least 4 members (excludes halogenated alkanes) is 3. The standard InChI is InChI=1S/C18H37BrO6/c1-2-3-4-5-7-20-9-11-22-13-15-24-17-18-25-16-14-23-12-10-21-8-6-19/h2-18H2,1H3. The third kappa shape index (κ3) is 24.2. The number of rotatable bonds is 22. The molecule has 0 fully saturated rings. The minimum atomic E-state index is 0.574. The Morgan fingerprint density at radius 1 is 0.440 bits per heavy atom. The Bertz CT molecular complexity index is 212. The van der Waals surface area contributed by atoms with Gasteiger partial charge in [0.25, 0.3) is 0 Å². The van der Waals surface area contributed by atoms with Crippen molar-refractivity contribution in [2.75, 3.05) is 84.6 Å². The summed E-state index contributed by atoms with van der Waals surface area (Å²) in [5.74, 6) is 0. The molecule has 0 aliphatic carbocycles. The molecule has 0 aromatic carbocycles. The second kappa shape index (κ2) is 24.2. The van der Waals surface area contributed by atoms with Crippen LogP contribution in [0.3, 0.4) is 0 Å². The third-order valence-electron chi connectivity index (χ3n) is 3.22. The highest BCUT2D eigenvalue weighted by Crippen LogP contribution is 1.98. The zero-order valence-electron chi connectivity index (χ0n) is 15.8. The van der Waals surface area contributed by atoms with Gasteiger partial charge in [-0.3, -0.25) is 0 Å². The summed E-state index contributed by atoms with van der Waals surface area (Å²) in [6.45, 7) is 9.77. The molecule has 7 heteroatoms. The van der Waals surface area contributed by atoms with Gasteiger partial charge in [-0.2, -0.15) is 0 Å². The van der Waals surface area contributed by atoms with Crippen LogP contribution in [0.4, 0.5) is 0 Å². The Morgan fingerprint density at radius 2 is 0.800 bits per heavy atom. The fourth-order valence-electron chi connectivity index (χ4n) is 1.89. The molecule has 0 unspecified atom stereocenters. The van der Waals surface area contributed by atoms with Gasteiger partial charge in [0.15, 0.2) is 0 Å². The fraction of sp³-hybridized carbons (Fsp3) is 1.00. The number of halogens is 1. The lowest BCUT2D eigenvalue weighted by Gasteiger charge is -2.08. The van der Waals surface area contributed by atoms with Gasteiger partial charge in [0.1, 0.15) is 0 Å². The Kier molecular flexibility index (Phi) is 24.5. The van der Waals surface area contributed by atoms with Crippen LogP contribution >= 0.6 is 15.9 Å². The van der Waals surface area contributed by atoms with Crippen molar-refractivity contribution in [1.82, 2.24) is 0 Å². The number of hydrogen-bond donors (Lipinski definition) is 0. The molecule has 0 aromatic rings. The predicted octanol–water partition coefficient (Wildman–Crippen LogP) is 3.06. The summed E-state index contributed by atoms with van der Waals surface area (Å²) in [7, 11) is 0. The molecular formula is C18H37BrO6. The van der Waals surface area contributed by atoms with E-state index in [9.17, 15) is 0 Å². The average molecular weight is 429 g/mol. The zero-order chi connectivity index (χ0) is 18.3. The van der Waals surface area contributed by atoms with Crippen LogP contribution in [0.15, 0.2) is 0 Å². The third-order valence-corrected chi connectivity index (χ3v) is 3.55. The van der Waals surface area contributed by atoms with Crippen molar-refractivity contribution < 1.29 is 28.4 Å². The van der Waals surface area contributed by atoms with Crippen molar-refractivity contribution in [1.29, 1.82) is 0 Å². The molecule has 152 valence electrons. The van der Waals surface area contributed by atoms with Gasteiger partial charge in [-0.15, -0.1) is 0 Å². The van der Waals surface area contributed by atoms with Crippen molar-refractivity contribution in [3.8, 4) is 0 Å². The van der Waals surface area contributed by atoms with Gasteiger partial charge in [-0.05, 0) is 6.42 Å². The van der Waals surface area contributed by atoms with Gasteiger partial charge in [-0.1, -0.05) is 42.1 Å². The van der Waals surface area contributed by atoms with Crippen molar-refractivity contribution in [3.63, 3.8) is 0 Å². The second-order valence-electron chi connectivity index (χ2n) is 5.42. The van der Waals surface area contributed by atoms with Crippen LogP contribution in [-0.4, -0.2) is 84.6 Å². The summed E-state index contributed by atoms with van der Waals surface area (Å²) in [4.78, 5) is 0. The fourth-order valence-corrected chi connectivity index (χ4v) is 2.12. The van der Waals surface area contributed by atoms with E-state index in [1.807, 2.05) is 0 Å². The monoisotopic (exact) mass is 428 g/mol. The molecule has 6 nitrogen and oxygen atoms in total.